The van der Waals surface area contributed by atoms with Gasteiger partial charge in [0.2, 0.25) is 0 Å². The van der Waals surface area contributed by atoms with Gasteiger partial charge in [0.15, 0.2) is 0 Å². The van der Waals surface area contributed by atoms with Crippen molar-refractivity contribution in [3.05, 3.63) is 58.1 Å². The minimum Gasteiger partial charge on any atom is -0.506 e. The third-order valence-electron chi connectivity index (χ3n) is 2.87. The molecule has 0 amide bonds. The van der Waals surface area contributed by atoms with Gasteiger partial charge in [0.05, 0.1) is 9.05 Å². The Hall–Kier alpha value is -0.580. The van der Waals surface area contributed by atoms with Gasteiger partial charge in [-0.15, -0.1) is 23.5 Å². The topological polar surface area (TPSA) is 20.2 Å². The molecule has 92 valence electrons. The van der Waals surface area contributed by atoms with Crippen LogP contribution in [0.1, 0.15) is 15.7 Å². The number of aromatic hydroxyl groups is 1. The molecule has 1 aliphatic rings. The summed E-state index contributed by atoms with van der Waals surface area (Å²) in [6.45, 7) is 0. The number of thioether (sulfide) groups is 2. The molecule has 0 saturated heterocycles. The third kappa shape index (κ3) is 2.29. The largest absolute Gasteiger partial charge is 0.506 e. The molecule has 18 heavy (non-hydrogen) atoms. The zero-order valence-corrected chi connectivity index (χ0v) is 12.7. The number of hydrogen-bond donors (Lipinski definition) is 1. The highest BCUT2D eigenvalue weighted by molar-refractivity contribution is 9.10. The summed E-state index contributed by atoms with van der Waals surface area (Å²) < 4.78 is 1.03. The van der Waals surface area contributed by atoms with Crippen molar-refractivity contribution in [1.29, 1.82) is 0 Å². The number of halogens is 1. The van der Waals surface area contributed by atoms with Crippen LogP contribution in [-0.2, 0) is 5.75 Å². The van der Waals surface area contributed by atoms with Gasteiger partial charge in [-0.1, -0.05) is 30.3 Å². The Bertz CT molecular complexity index is 586. The van der Waals surface area contributed by atoms with Gasteiger partial charge in [-0.3, -0.25) is 0 Å². The second-order valence-electron chi connectivity index (χ2n) is 4.05. The van der Waals surface area contributed by atoms with Crippen LogP contribution in [0.3, 0.4) is 0 Å². The molecule has 0 saturated carbocycles. The molecule has 1 aliphatic heterocycles. The van der Waals surface area contributed by atoms with Crippen LogP contribution in [0, 0.1) is 0 Å². The SMILES string of the molecule is Oc1c(Br)cccc1[C@@H]1SCc2ccccc2S1. The smallest absolute Gasteiger partial charge is 0.134 e. The van der Waals surface area contributed by atoms with Crippen LogP contribution in [-0.4, -0.2) is 5.11 Å². The molecular formula is C14H11BrOS2. The molecule has 1 nitrogen and oxygen atoms in total. The van der Waals surface area contributed by atoms with E-state index in [0.717, 1.165) is 15.8 Å². The zero-order chi connectivity index (χ0) is 12.5. The normalized spacial score (nSPS) is 18.4. The first kappa shape index (κ1) is 12.5. The molecular weight excluding hydrogens is 328 g/mol. The van der Waals surface area contributed by atoms with Crippen molar-refractivity contribution in [2.45, 2.75) is 15.2 Å². The van der Waals surface area contributed by atoms with Crippen molar-refractivity contribution >= 4 is 39.5 Å². The summed E-state index contributed by atoms with van der Waals surface area (Å²) >= 11 is 7.05. The Morgan fingerprint density at radius 3 is 2.83 bits per heavy atom. The maximum Gasteiger partial charge on any atom is 0.134 e. The van der Waals surface area contributed by atoms with Gasteiger partial charge in [-0.25, -0.2) is 0 Å². The maximum absolute atomic E-state index is 10.1. The average molecular weight is 339 g/mol. The molecule has 0 aliphatic carbocycles. The average Bonchev–Trinajstić information content (AvgIpc) is 2.41. The second-order valence-corrected chi connectivity index (χ2v) is 7.44. The van der Waals surface area contributed by atoms with Crippen LogP contribution in [0.2, 0.25) is 0 Å². The molecule has 3 rings (SSSR count). The number of fused-ring (bicyclic) bond motifs is 1. The highest BCUT2D eigenvalue weighted by Crippen LogP contribution is 2.53. The van der Waals surface area contributed by atoms with E-state index in [1.807, 2.05) is 41.7 Å². The van der Waals surface area contributed by atoms with Gasteiger partial charge in [0.1, 0.15) is 5.75 Å². The summed E-state index contributed by atoms with van der Waals surface area (Å²) in [6, 6.07) is 14.3. The van der Waals surface area contributed by atoms with Crippen LogP contribution in [0.5, 0.6) is 5.75 Å². The van der Waals surface area contributed by atoms with E-state index in [1.165, 1.54) is 10.5 Å². The predicted molar refractivity (Wildman–Crippen MR) is 82.1 cm³/mol. The molecule has 0 radical (unpaired) electrons. The summed E-state index contributed by atoms with van der Waals surface area (Å²) in [7, 11) is 0. The Kier molecular flexibility index (Phi) is 3.59. The van der Waals surface area contributed by atoms with Crippen LogP contribution >= 0.6 is 39.5 Å². The maximum atomic E-state index is 10.1. The van der Waals surface area contributed by atoms with Gasteiger partial charge in [-0.2, -0.15) is 0 Å². The summed E-state index contributed by atoms with van der Waals surface area (Å²) in [6.07, 6.45) is 0. The molecule has 1 N–H and O–H groups in total. The first-order chi connectivity index (χ1) is 8.75. The number of hydrogen-bond acceptors (Lipinski definition) is 3. The fourth-order valence-electron chi connectivity index (χ4n) is 1.93. The molecule has 4 heteroatoms. The predicted octanol–water partition coefficient (Wildman–Crippen LogP) is 5.19. The van der Waals surface area contributed by atoms with E-state index in [2.05, 4.69) is 40.2 Å². The standard InChI is InChI=1S/C14H11BrOS2/c15-11-6-3-5-10(13(11)16)14-17-8-9-4-1-2-7-12(9)18-14/h1-7,14,16H,8H2/t14-/m1/s1. The number of para-hydroxylation sites is 1. The van der Waals surface area contributed by atoms with Gasteiger partial charge in [0, 0.05) is 16.2 Å². The van der Waals surface area contributed by atoms with Gasteiger partial charge in [-0.05, 0) is 33.6 Å². The number of benzene rings is 2. The Balaban J connectivity index is 1.94. The van der Waals surface area contributed by atoms with E-state index < -0.39 is 0 Å². The van der Waals surface area contributed by atoms with Crippen molar-refractivity contribution in [1.82, 2.24) is 0 Å². The molecule has 0 unspecified atom stereocenters. The van der Waals surface area contributed by atoms with Crippen LogP contribution in [0.15, 0.2) is 51.8 Å². The fraction of sp³-hybridized carbons (Fsp3) is 0.143. The quantitative estimate of drug-likeness (QED) is 0.772. The first-order valence-electron chi connectivity index (χ1n) is 5.59. The highest BCUT2D eigenvalue weighted by atomic mass is 79.9. The van der Waals surface area contributed by atoms with Crippen LogP contribution < -0.4 is 0 Å². The fourth-order valence-corrected chi connectivity index (χ4v) is 5.14. The highest BCUT2D eigenvalue weighted by Gasteiger charge is 2.23. The van der Waals surface area contributed by atoms with E-state index in [1.54, 1.807) is 0 Å². The Morgan fingerprint density at radius 2 is 1.94 bits per heavy atom. The molecule has 1 atom stereocenters. The number of rotatable bonds is 1. The van der Waals surface area contributed by atoms with E-state index >= 15 is 0 Å². The summed E-state index contributed by atoms with van der Waals surface area (Å²) in [4.78, 5) is 1.32. The molecule has 0 bridgehead atoms. The monoisotopic (exact) mass is 338 g/mol. The van der Waals surface area contributed by atoms with E-state index in [4.69, 9.17) is 0 Å². The van der Waals surface area contributed by atoms with Gasteiger partial charge >= 0.3 is 0 Å². The van der Waals surface area contributed by atoms with Crippen molar-refractivity contribution < 1.29 is 5.11 Å². The van der Waals surface area contributed by atoms with E-state index in [9.17, 15) is 5.11 Å². The molecule has 2 aromatic carbocycles. The number of phenols is 1. The van der Waals surface area contributed by atoms with Crippen LogP contribution in [0.25, 0.3) is 0 Å². The Morgan fingerprint density at radius 1 is 1.11 bits per heavy atom. The van der Waals surface area contributed by atoms with Crippen molar-refractivity contribution in [3.8, 4) is 5.75 Å². The molecule has 2 aromatic rings. The lowest BCUT2D eigenvalue weighted by Gasteiger charge is -2.24. The van der Waals surface area contributed by atoms with Gasteiger partial charge < -0.3 is 5.11 Å². The first-order valence-corrected chi connectivity index (χ1v) is 8.31. The lowest BCUT2D eigenvalue weighted by atomic mass is 10.2. The zero-order valence-electron chi connectivity index (χ0n) is 9.47. The lowest BCUT2D eigenvalue weighted by molar-refractivity contribution is 0.467. The van der Waals surface area contributed by atoms with Crippen molar-refractivity contribution in [2.24, 2.45) is 0 Å². The number of phenolic OH excluding ortho intramolecular Hbond substituents is 1. The summed E-state index contributed by atoms with van der Waals surface area (Å²) in [5.41, 5.74) is 2.38. The van der Waals surface area contributed by atoms with Crippen molar-refractivity contribution in [3.63, 3.8) is 0 Å². The molecule has 0 fully saturated rings. The van der Waals surface area contributed by atoms with Crippen molar-refractivity contribution in [2.75, 3.05) is 0 Å². The van der Waals surface area contributed by atoms with Gasteiger partial charge in [0.25, 0.3) is 0 Å². The van der Waals surface area contributed by atoms with E-state index in [-0.39, 0.29) is 4.58 Å². The minimum atomic E-state index is 0.261. The summed E-state index contributed by atoms with van der Waals surface area (Å²) in [5, 5.41) is 10.1. The van der Waals surface area contributed by atoms with Crippen LogP contribution in [0.4, 0.5) is 0 Å². The lowest BCUT2D eigenvalue weighted by Crippen LogP contribution is -1.99. The second kappa shape index (κ2) is 5.19. The summed E-state index contributed by atoms with van der Waals surface area (Å²) in [5.74, 6) is 1.36. The van der Waals surface area contributed by atoms with E-state index in [0.29, 0.717) is 5.75 Å². The molecule has 1 heterocycles. The third-order valence-corrected chi connectivity index (χ3v) is 6.36. The molecule has 0 aromatic heterocycles. The Labute approximate surface area is 123 Å². The minimum absolute atomic E-state index is 0.261. The molecule has 0 spiro atoms.